The molecule has 0 saturated carbocycles. The molecule has 1 aromatic heterocycles. The van der Waals surface area contributed by atoms with Crippen molar-refractivity contribution >= 4 is 21.9 Å². The minimum absolute atomic E-state index is 0.143. The maximum absolute atomic E-state index is 12.7. The Balaban J connectivity index is 1.33. The van der Waals surface area contributed by atoms with Gasteiger partial charge in [0.25, 0.3) is 0 Å². The summed E-state index contributed by atoms with van der Waals surface area (Å²) in [6, 6.07) is 9.36. The van der Waals surface area contributed by atoms with Crippen LogP contribution in [0, 0.1) is 11.8 Å². The molecule has 2 aromatic rings. The zero-order valence-corrected chi connectivity index (χ0v) is 17.3. The summed E-state index contributed by atoms with van der Waals surface area (Å²) >= 11 is 0. The zero-order chi connectivity index (χ0) is 20.6. The van der Waals surface area contributed by atoms with E-state index in [0.717, 1.165) is 31.6 Å². The van der Waals surface area contributed by atoms with E-state index in [9.17, 15) is 13.2 Å². The lowest BCUT2D eigenvalue weighted by molar-refractivity contribution is 0.197. The molecule has 29 heavy (non-hydrogen) atoms. The second kappa shape index (κ2) is 7.68. The average molecular weight is 420 g/mol. The Bertz CT molecular complexity index is 992. The number of fused-ring (bicyclic) bond motifs is 1. The second-order valence-corrected chi connectivity index (χ2v) is 9.52. The summed E-state index contributed by atoms with van der Waals surface area (Å²) in [7, 11) is -1.75. The van der Waals surface area contributed by atoms with Gasteiger partial charge in [-0.3, -0.25) is 9.62 Å². The highest BCUT2D eigenvalue weighted by Crippen LogP contribution is 2.32. The molecule has 2 aliphatic heterocycles. The number of ether oxygens (including phenoxy) is 1. The summed E-state index contributed by atoms with van der Waals surface area (Å²) < 4.78 is 31.4. The molecule has 2 fully saturated rings. The molecule has 0 bridgehead atoms. The van der Waals surface area contributed by atoms with Crippen LogP contribution in [-0.4, -0.2) is 73.6 Å². The topological polar surface area (TPSA) is 96.8 Å². The van der Waals surface area contributed by atoms with Crippen LogP contribution in [0.25, 0.3) is 0 Å². The van der Waals surface area contributed by atoms with E-state index in [-0.39, 0.29) is 11.8 Å². The number of rotatable bonds is 5. The minimum atomic E-state index is -3.42. The first-order chi connectivity index (χ1) is 13.8. The molecule has 0 spiro atoms. The van der Waals surface area contributed by atoms with Crippen molar-refractivity contribution in [2.24, 2.45) is 11.8 Å². The van der Waals surface area contributed by atoms with Crippen LogP contribution in [0.2, 0.25) is 0 Å². The largest absolute Gasteiger partial charge is 0.497 e. The number of benzene rings is 1. The van der Waals surface area contributed by atoms with E-state index >= 15 is 0 Å². The highest BCUT2D eigenvalue weighted by molar-refractivity contribution is 7.92. The Hall–Kier alpha value is -2.59. The van der Waals surface area contributed by atoms with Crippen LogP contribution in [0.5, 0.6) is 5.75 Å². The fourth-order valence-electron chi connectivity index (χ4n) is 4.22. The highest BCUT2D eigenvalue weighted by atomic mass is 32.2. The minimum Gasteiger partial charge on any atom is -0.497 e. The van der Waals surface area contributed by atoms with Crippen LogP contribution in [0.4, 0.5) is 10.6 Å². The summed E-state index contributed by atoms with van der Waals surface area (Å²) in [5.41, 5.74) is 1.22. The molecule has 10 heteroatoms. The van der Waals surface area contributed by atoms with Crippen molar-refractivity contribution in [3.8, 4) is 5.75 Å². The maximum atomic E-state index is 12.7. The number of methoxy groups -OCH3 is 1. The number of carbonyl (C=O) groups is 1. The Morgan fingerprint density at radius 2 is 1.93 bits per heavy atom. The van der Waals surface area contributed by atoms with E-state index < -0.39 is 10.0 Å². The number of nitrogens with one attached hydrogen (secondary N) is 1. The number of likely N-dealkylation sites (tertiary alicyclic amines) is 2. The van der Waals surface area contributed by atoms with Crippen LogP contribution in [0.3, 0.4) is 0 Å². The van der Waals surface area contributed by atoms with Gasteiger partial charge in [0.2, 0.25) is 10.0 Å². The first-order valence-corrected chi connectivity index (χ1v) is 11.4. The molecule has 9 nitrogen and oxygen atoms in total. The van der Waals surface area contributed by atoms with Crippen LogP contribution < -0.4 is 9.46 Å². The van der Waals surface area contributed by atoms with E-state index in [2.05, 4.69) is 26.9 Å². The molecule has 1 amide bonds. The van der Waals surface area contributed by atoms with Crippen molar-refractivity contribution in [2.45, 2.75) is 6.54 Å². The smallest absolute Gasteiger partial charge is 0.344 e. The fourth-order valence-corrected chi connectivity index (χ4v) is 4.71. The van der Waals surface area contributed by atoms with Crippen molar-refractivity contribution in [1.29, 1.82) is 0 Å². The predicted octanol–water partition coefficient (Wildman–Crippen LogP) is 1.30. The fraction of sp³-hybridized carbons (Fsp3) is 0.474. The molecule has 1 N–H and O–H groups in total. The predicted molar refractivity (Wildman–Crippen MR) is 108 cm³/mol. The number of anilines is 1. The monoisotopic (exact) mass is 419 g/mol. The van der Waals surface area contributed by atoms with Gasteiger partial charge in [0.15, 0.2) is 5.82 Å². The van der Waals surface area contributed by atoms with Crippen molar-refractivity contribution in [3.05, 3.63) is 42.1 Å². The van der Waals surface area contributed by atoms with Crippen molar-refractivity contribution in [1.82, 2.24) is 19.6 Å². The first kappa shape index (κ1) is 19.7. The van der Waals surface area contributed by atoms with E-state index in [1.54, 1.807) is 12.0 Å². The van der Waals surface area contributed by atoms with Gasteiger partial charge in [0, 0.05) is 45.0 Å². The van der Waals surface area contributed by atoms with E-state index in [0.29, 0.717) is 24.9 Å². The van der Waals surface area contributed by atoms with Gasteiger partial charge in [0.05, 0.1) is 13.4 Å². The number of nitrogens with zero attached hydrogens (tertiary/aromatic N) is 4. The molecule has 2 unspecified atom stereocenters. The summed E-state index contributed by atoms with van der Waals surface area (Å²) in [5.74, 6) is 1.88. The molecule has 0 aliphatic carbocycles. The Kier molecular flexibility index (Phi) is 5.22. The van der Waals surface area contributed by atoms with Gasteiger partial charge in [-0.25, -0.2) is 13.2 Å². The van der Waals surface area contributed by atoms with Gasteiger partial charge in [-0.05, 0) is 29.5 Å². The van der Waals surface area contributed by atoms with Crippen LogP contribution in [0.1, 0.15) is 5.56 Å². The molecule has 3 heterocycles. The van der Waals surface area contributed by atoms with Crippen LogP contribution >= 0.6 is 0 Å². The average Bonchev–Trinajstić information content (AvgIpc) is 3.35. The molecule has 4 rings (SSSR count). The summed E-state index contributed by atoms with van der Waals surface area (Å²) in [5, 5.41) is 4.03. The molecule has 2 saturated heterocycles. The lowest BCUT2D eigenvalue weighted by Crippen LogP contribution is -2.36. The van der Waals surface area contributed by atoms with Crippen LogP contribution in [0.15, 0.2) is 36.5 Å². The Morgan fingerprint density at radius 3 is 2.59 bits per heavy atom. The maximum Gasteiger partial charge on any atom is 0.344 e. The SMILES string of the molecule is COc1cccc(CN2CC3CN(C(=O)n4ccc(NS(C)(=O)=O)n4)CC3C2)c1. The van der Waals surface area contributed by atoms with Gasteiger partial charge in [0.1, 0.15) is 5.75 Å². The second-order valence-electron chi connectivity index (χ2n) is 7.77. The van der Waals surface area contributed by atoms with E-state index in [4.69, 9.17) is 4.74 Å². The molecule has 156 valence electrons. The highest BCUT2D eigenvalue weighted by Gasteiger charge is 2.41. The normalized spacial score (nSPS) is 21.9. The third-order valence-corrected chi connectivity index (χ3v) is 6.03. The van der Waals surface area contributed by atoms with Crippen LogP contribution in [-0.2, 0) is 16.6 Å². The lowest BCUT2D eigenvalue weighted by Gasteiger charge is -2.21. The third-order valence-electron chi connectivity index (χ3n) is 5.45. The summed E-state index contributed by atoms with van der Waals surface area (Å²) in [6.45, 7) is 4.15. The molecule has 1 aromatic carbocycles. The molecular formula is C19H25N5O4S. The van der Waals surface area contributed by atoms with Gasteiger partial charge < -0.3 is 9.64 Å². The van der Waals surface area contributed by atoms with Gasteiger partial charge in [-0.2, -0.15) is 4.68 Å². The molecule has 2 atom stereocenters. The zero-order valence-electron chi connectivity index (χ0n) is 16.5. The van der Waals surface area contributed by atoms with Gasteiger partial charge >= 0.3 is 6.03 Å². The number of hydrogen-bond donors (Lipinski definition) is 1. The molecular weight excluding hydrogens is 394 g/mol. The number of aromatic nitrogens is 2. The summed E-state index contributed by atoms with van der Waals surface area (Å²) in [6.07, 6.45) is 2.53. The van der Waals surface area contributed by atoms with Crippen molar-refractivity contribution < 1.29 is 17.9 Å². The number of sulfonamides is 1. The number of carbonyl (C=O) groups excluding carboxylic acids is 1. The summed E-state index contributed by atoms with van der Waals surface area (Å²) in [4.78, 5) is 16.9. The van der Waals surface area contributed by atoms with E-state index in [1.807, 2.05) is 12.1 Å². The van der Waals surface area contributed by atoms with E-state index in [1.165, 1.54) is 22.5 Å². The van der Waals surface area contributed by atoms with Crippen molar-refractivity contribution in [3.63, 3.8) is 0 Å². The molecule has 0 radical (unpaired) electrons. The van der Waals surface area contributed by atoms with Crippen molar-refractivity contribution in [2.75, 3.05) is 44.3 Å². The number of hydrogen-bond acceptors (Lipinski definition) is 6. The third kappa shape index (κ3) is 4.54. The quantitative estimate of drug-likeness (QED) is 0.785. The lowest BCUT2D eigenvalue weighted by atomic mass is 10.0. The van der Waals surface area contributed by atoms with Gasteiger partial charge in [-0.1, -0.05) is 12.1 Å². The first-order valence-electron chi connectivity index (χ1n) is 9.49. The van der Waals surface area contributed by atoms with Gasteiger partial charge in [-0.15, -0.1) is 5.10 Å². The standard InChI is InChI=1S/C19H25N5O4S/c1-28-17-5-3-4-14(8-17)9-22-10-15-12-23(13-16(15)11-22)19(25)24-7-6-18(20-24)21-29(2,26)27/h3-8,15-16H,9-13H2,1-2H3,(H,20,21). The number of amides is 1. The molecule has 2 aliphatic rings. The Labute approximate surface area is 170 Å². The Morgan fingerprint density at radius 1 is 1.21 bits per heavy atom.